The number of amides is 1. The number of rotatable bonds is 9. The van der Waals surface area contributed by atoms with Gasteiger partial charge in [-0.05, 0) is 37.3 Å². The van der Waals surface area contributed by atoms with Crippen molar-refractivity contribution in [1.82, 2.24) is 5.32 Å². The monoisotopic (exact) mass is 426 g/mol. The minimum absolute atomic E-state index is 0.235. The SMILES string of the molecule is COc1ccc(N(C(C)C(=O)NCCOc2ccccc2)S(C)(=O)=O)cc1Cl. The number of ether oxygens (including phenoxy) is 2. The van der Waals surface area contributed by atoms with Crippen LogP contribution in [0, 0.1) is 0 Å². The Morgan fingerprint density at radius 2 is 1.89 bits per heavy atom. The van der Waals surface area contributed by atoms with E-state index in [0.29, 0.717) is 11.5 Å². The summed E-state index contributed by atoms with van der Waals surface area (Å²) in [6.45, 7) is 2.00. The lowest BCUT2D eigenvalue weighted by atomic mass is 10.2. The van der Waals surface area contributed by atoms with Crippen molar-refractivity contribution in [2.75, 3.05) is 30.8 Å². The van der Waals surface area contributed by atoms with Crippen molar-refractivity contribution in [2.24, 2.45) is 0 Å². The predicted molar refractivity (Wildman–Crippen MR) is 110 cm³/mol. The Bertz CT molecular complexity index is 906. The van der Waals surface area contributed by atoms with E-state index in [2.05, 4.69) is 5.32 Å². The van der Waals surface area contributed by atoms with Gasteiger partial charge in [0.15, 0.2) is 0 Å². The molecule has 2 aromatic rings. The molecule has 152 valence electrons. The molecule has 0 aliphatic carbocycles. The van der Waals surface area contributed by atoms with Gasteiger partial charge in [-0.25, -0.2) is 8.42 Å². The molecule has 0 heterocycles. The fraction of sp³-hybridized carbons (Fsp3) is 0.316. The second kappa shape index (κ2) is 9.66. The Kier molecular flexibility index (Phi) is 7.53. The van der Waals surface area contributed by atoms with Crippen LogP contribution in [0.4, 0.5) is 5.69 Å². The first kappa shape index (κ1) is 21.8. The molecule has 1 atom stereocenters. The first-order valence-electron chi connectivity index (χ1n) is 8.52. The first-order valence-corrected chi connectivity index (χ1v) is 10.7. The van der Waals surface area contributed by atoms with Gasteiger partial charge in [-0.3, -0.25) is 9.10 Å². The van der Waals surface area contributed by atoms with E-state index in [4.69, 9.17) is 21.1 Å². The highest BCUT2D eigenvalue weighted by atomic mass is 35.5. The summed E-state index contributed by atoms with van der Waals surface area (Å²) in [6, 6.07) is 12.7. The molecule has 0 spiro atoms. The van der Waals surface area contributed by atoms with Gasteiger partial charge >= 0.3 is 0 Å². The van der Waals surface area contributed by atoms with Crippen LogP contribution in [-0.4, -0.2) is 46.9 Å². The predicted octanol–water partition coefficient (Wildman–Crippen LogP) is 2.70. The number of carbonyl (C=O) groups excluding carboxylic acids is 1. The summed E-state index contributed by atoms with van der Waals surface area (Å²) in [7, 11) is -2.27. The largest absolute Gasteiger partial charge is 0.495 e. The van der Waals surface area contributed by atoms with E-state index in [1.807, 2.05) is 30.3 Å². The zero-order valence-electron chi connectivity index (χ0n) is 15.9. The highest BCUT2D eigenvalue weighted by Gasteiger charge is 2.29. The van der Waals surface area contributed by atoms with Gasteiger partial charge in [0, 0.05) is 0 Å². The molecule has 9 heteroatoms. The van der Waals surface area contributed by atoms with Gasteiger partial charge in [0.05, 0.1) is 30.6 Å². The van der Waals surface area contributed by atoms with Gasteiger partial charge in [0.2, 0.25) is 15.9 Å². The molecule has 0 radical (unpaired) electrons. The summed E-state index contributed by atoms with van der Waals surface area (Å²) in [4.78, 5) is 12.5. The lowest BCUT2D eigenvalue weighted by Crippen LogP contribution is -2.48. The van der Waals surface area contributed by atoms with Crippen LogP contribution in [0.2, 0.25) is 5.02 Å². The molecule has 2 rings (SSSR count). The molecule has 0 saturated heterocycles. The average molecular weight is 427 g/mol. The van der Waals surface area contributed by atoms with E-state index in [0.717, 1.165) is 10.6 Å². The van der Waals surface area contributed by atoms with Crippen molar-refractivity contribution in [2.45, 2.75) is 13.0 Å². The summed E-state index contributed by atoms with van der Waals surface area (Å²) in [6.07, 6.45) is 1.04. The summed E-state index contributed by atoms with van der Waals surface area (Å²) in [5.74, 6) is 0.651. The minimum Gasteiger partial charge on any atom is -0.495 e. The Morgan fingerprint density at radius 1 is 1.21 bits per heavy atom. The van der Waals surface area contributed by atoms with E-state index in [-0.39, 0.29) is 23.9 Å². The molecule has 0 aliphatic heterocycles. The normalized spacial score (nSPS) is 12.1. The number of sulfonamides is 1. The number of para-hydroxylation sites is 1. The van der Waals surface area contributed by atoms with Crippen LogP contribution >= 0.6 is 11.6 Å². The third-order valence-electron chi connectivity index (χ3n) is 3.89. The van der Waals surface area contributed by atoms with Crippen LogP contribution in [0.5, 0.6) is 11.5 Å². The number of carbonyl (C=O) groups is 1. The van der Waals surface area contributed by atoms with Gasteiger partial charge < -0.3 is 14.8 Å². The fourth-order valence-corrected chi connectivity index (χ4v) is 4.03. The van der Waals surface area contributed by atoms with E-state index >= 15 is 0 Å². The van der Waals surface area contributed by atoms with Gasteiger partial charge in [0.1, 0.15) is 24.1 Å². The van der Waals surface area contributed by atoms with Crippen molar-refractivity contribution in [3.05, 3.63) is 53.6 Å². The second-order valence-corrected chi connectivity index (χ2v) is 8.27. The summed E-state index contributed by atoms with van der Waals surface area (Å²) >= 11 is 6.10. The van der Waals surface area contributed by atoms with Gasteiger partial charge in [-0.1, -0.05) is 29.8 Å². The maximum Gasteiger partial charge on any atom is 0.243 e. The maximum absolute atomic E-state index is 12.5. The molecule has 0 fully saturated rings. The number of hydrogen-bond acceptors (Lipinski definition) is 5. The Balaban J connectivity index is 2.05. The van der Waals surface area contributed by atoms with Crippen LogP contribution in [0.1, 0.15) is 6.92 Å². The second-order valence-electron chi connectivity index (χ2n) is 6.01. The molecular weight excluding hydrogens is 404 g/mol. The zero-order valence-corrected chi connectivity index (χ0v) is 17.5. The topological polar surface area (TPSA) is 84.9 Å². The van der Waals surface area contributed by atoms with E-state index < -0.39 is 22.0 Å². The lowest BCUT2D eigenvalue weighted by Gasteiger charge is -2.28. The van der Waals surface area contributed by atoms with Crippen molar-refractivity contribution >= 4 is 33.2 Å². The third-order valence-corrected chi connectivity index (χ3v) is 5.43. The molecule has 0 saturated carbocycles. The molecule has 7 nitrogen and oxygen atoms in total. The van der Waals surface area contributed by atoms with Crippen molar-refractivity contribution < 1.29 is 22.7 Å². The molecule has 0 aromatic heterocycles. The van der Waals surface area contributed by atoms with Crippen molar-refractivity contribution in [3.8, 4) is 11.5 Å². The highest BCUT2D eigenvalue weighted by molar-refractivity contribution is 7.92. The molecule has 28 heavy (non-hydrogen) atoms. The molecule has 1 unspecified atom stereocenters. The van der Waals surface area contributed by atoms with Crippen LogP contribution in [-0.2, 0) is 14.8 Å². The fourth-order valence-electron chi connectivity index (χ4n) is 2.61. The molecule has 1 N–H and O–H groups in total. The van der Waals surface area contributed by atoms with Gasteiger partial charge in [0.25, 0.3) is 0 Å². The third kappa shape index (κ3) is 5.77. The number of nitrogens with zero attached hydrogens (tertiary/aromatic N) is 1. The molecular formula is C19H23ClN2O5S. The molecule has 0 aliphatic rings. The summed E-state index contributed by atoms with van der Waals surface area (Å²) in [5, 5.41) is 2.93. The maximum atomic E-state index is 12.5. The Morgan fingerprint density at radius 3 is 2.46 bits per heavy atom. The van der Waals surface area contributed by atoms with Gasteiger partial charge in [-0.15, -0.1) is 0 Å². The van der Waals surface area contributed by atoms with E-state index in [1.54, 1.807) is 6.07 Å². The Hall–Kier alpha value is -2.45. The van der Waals surface area contributed by atoms with Crippen molar-refractivity contribution in [3.63, 3.8) is 0 Å². The smallest absolute Gasteiger partial charge is 0.243 e. The number of benzene rings is 2. The number of nitrogens with one attached hydrogen (secondary N) is 1. The highest BCUT2D eigenvalue weighted by Crippen LogP contribution is 2.31. The number of hydrogen-bond donors (Lipinski definition) is 1. The van der Waals surface area contributed by atoms with Crippen LogP contribution in [0.15, 0.2) is 48.5 Å². The van der Waals surface area contributed by atoms with Crippen LogP contribution in [0.25, 0.3) is 0 Å². The van der Waals surface area contributed by atoms with Crippen LogP contribution in [0.3, 0.4) is 0 Å². The Labute approximate surface area is 170 Å². The zero-order chi connectivity index (χ0) is 20.7. The first-order chi connectivity index (χ1) is 13.2. The number of halogens is 1. The van der Waals surface area contributed by atoms with Crippen LogP contribution < -0.4 is 19.1 Å². The van der Waals surface area contributed by atoms with Gasteiger partial charge in [-0.2, -0.15) is 0 Å². The standard InChI is InChI=1S/C19H23ClN2O5S/c1-14(19(23)21-11-12-27-16-7-5-4-6-8-16)22(28(3,24)25)15-9-10-18(26-2)17(20)13-15/h4-10,13-14H,11-12H2,1-3H3,(H,21,23). The quantitative estimate of drug-likeness (QED) is 0.623. The average Bonchev–Trinajstić information content (AvgIpc) is 2.65. The number of methoxy groups -OCH3 is 1. The summed E-state index contributed by atoms with van der Waals surface area (Å²) < 4.78 is 36.2. The van der Waals surface area contributed by atoms with Crippen molar-refractivity contribution in [1.29, 1.82) is 0 Å². The van der Waals surface area contributed by atoms with E-state index in [9.17, 15) is 13.2 Å². The summed E-state index contributed by atoms with van der Waals surface area (Å²) in [5.41, 5.74) is 0.275. The molecule has 0 bridgehead atoms. The lowest BCUT2D eigenvalue weighted by molar-refractivity contribution is -0.121. The molecule has 1 amide bonds. The number of anilines is 1. The molecule has 2 aromatic carbocycles. The minimum atomic E-state index is -3.73. The van der Waals surface area contributed by atoms with E-state index in [1.165, 1.54) is 26.2 Å².